The van der Waals surface area contributed by atoms with E-state index in [4.69, 9.17) is 0 Å². The van der Waals surface area contributed by atoms with Crippen LogP contribution in [0.1, 0.15) is 18.5 Å². The monoisotopic (exact) mass is 193 g/mol. The Bertz CT molecular complexity index is 293. The Morgan fingerprint density at radius 1 is 1.36 bits per heavy atom. The van der Waals surface area contributed by atoms with Gasteiger partial charge in [0.05, 0.1) is 11.9 Å². The summed E-state index contributed by atoms with van der Waals surface area (Å²) in [4.78, 5) is 10.4. The number of hydrogen-bond donors (Lipinski definition) is 1. The largest absolute Gasteiger partial charge is 0.383 e. The van der Waals surface area contributed by atoms with E-state index in [-0.39, 0.29) is 0 Å². The molecule has 4 nitrogen and oxygen atoms in total. The fourth-order valence-electron chi connectivity index (χ4n) is 1.78. The van der Waals surface area contributed by atoms with E-state index < -0.39 is 5.60 Å². The van der Waals surface area contributed by atoms with Gasteiger partial charge in [-0.15, -0.1) is 0 Å². The van der Waals surface area contributed by atoms with Crippen LogP contribution in [0.15, 0.2) is 18.6 Å². The third-order valence-corrected chi connectivity index (χ3v) is 2.85. The summed E-state index contributed by atoms with van der Waals surface area (Å²) in [6.07, 6.45) is 6.39. The summed E-state index contributed by atoms with van der Waals surface area (Å²) in [6.45, 7) is 1.82. The maximum atomic E-state index is 10.3. The van der Waals surface area contributed by atoms with E-state index in [1.54, 1.807) is 18.6 Å². The van der Waals surface area contributed by atoms with Crippen molar-refractivity contribution in [3.05, 3.63) is 24.3 Å². The molecule has 0 saturated carbocycles. The van der Waals surface area contributed by atoms with Gasteiger partial charge in [-0.1, -0.05) is 0 Å². The lowest BCUT2D eigenvalue weighted by molar-refractivity contribution is -0.0241. The second-order valence-electron chi connectivity index (χ2n) is 3.93. The molecule has 2 rings (SSSR count). The predicted octanol–water partition coefficient (Wildman–Crippen LogP) is 0.390. The van der Waals surface area contributed by atoms with Crippen molar-refractivity contribution in [3.63, 3.8) is 0 Å². The molecule has 1 aromatic rings. The van der Waals surface area contributed by atoms with Crippen LogP contribution in [0.2, 0.25) is 0 Å². The first-order valence-corrected chi connectivity index (χ1v) is 4.88. The normalized spacial score (nSPS) is 22.1. The minimum absolute atomic E-state index is 0.702. The highest BCUT2D eigenvalue weighted by Gasteiger charge is 2.34. The zero-order valence-corrected chi connectivity index (χ0v) is 8.35. The van der Waals surface area contributed by atoms with Crippen molar-refractivity contribution in [3.8, 4) is 0 Å². The zero-order chi connectivity index (χ0) is 10.0. The maximum Gasteiger partial charge on any atom is 0.110 e. The number of aliphatic hydroxyl groups is 1. The summed E-state index contributed by atoms with van der Waals surface area (Å²) in [6, 6.07) is 0. The SMILES string of the molecule is CN1CCC(O)(c2cnccn2)CC1. The lowest BCUT2D eigenvalue weighted by atomic mass is 9.89. The molecule has 1 saturated heterocycles. The number of piperidine rings is 1. The third kappa shape index (κ3) is 1.76. The molecule has 0 bridgehead atoms. The van der Waals surface area contributed by atoms with E-state index in [0.717, 1.165) is 25.9 Å². The van der Waals surface area contributed by atoms with Gasteiger partial charge in [0.25, 0.3) is 0 Å². The summed E-state index contributed by atoms with van der Waals surface area (Å²) in [7, 11) is 2.07. The molecule has 14 heavy (non-hydrogen) atoms. The van der Waals surface area contributed by atoms with E-state index in [2.05, 4.69) is 21.9 Å². The van der Waals surface area contributed by atoms with E-state index in [9.17, 15) is 5.11 Å². The number of likely N-dealkylation sites (tertiary alicyclic amines) is 1. The van der Waals surface area contributed by atoms with Crippen molar-refractivity contribution >= 4 is 0 Å². The number of aromatic nitrogens is 2. The summed E-state index contributed by atoms with van der Waals surface area (Å²) < 4.78 is 0. The van der Waals surface area contributed by atoms with E-state index in [0.29, 0.717) is 5.69 Å². The van der Waals surface area contributed by atoms with Crippen LogP contribution in [0.25, 0.3) is 0 Å². The van der Waals surface area contributed by atoms with Gasteiger partial charge in [-0.25, -0.2) is 0 Å². The first kappa shape index (κ1) is 9.55. The Kier molecular flexibility index (Phi) is 2.48. The summed E-state index contributed by atoms with van der Waals surface area (Å²) >= 11 is 0. The van der Waals surface area contributed by atoms with Crippen LogP contribution in [0.5, 0.6) is 0 Å². The first-order valence-electron chi connectivity index (χ1n) is 4.88. The van der Waals surface area contributed by atoms with Crippen molar-refractivity contribution < 1.29 is 5.11 Å². The zero-order valence-electron chi connectivity index (χ0n) is 8.35. The molecule has 0 aliphatic carbocycles. The predicted molar refractivity (Wildman–Crippen MR) is 52.7 cm³/mol. The maximum absolute atomic E-state index is 10.3. The van der Waals surface area contributed by atoms with Crippen molar-refractivity contribution in [2.45, 2.75) is 18.4 Å². The van der Waals surface area contributed by atoms with Gasteiger partial charge in [-0.3, -0.25) is 9.97 Å². The molecule has 1 fully saturated rings. The smallest absolute Gasteiger partial charge is 0.110 e. The minimum atomic E-state index is -0.763. The second-order valence-corrected chi connectivity index (χ2v) is 3.93. The van der Waals surface area contributed by atoms with Gasteiger partial charge in [0, 0.05) is 25.5 Å². The average molecular weight is 193 g/mol. The molecular weight excluding hydrogens is 178 g/mol. The van der Waals surface area contributed by atoms with E-state index >= 15 is 0 Å². The van der Waals surface area contributed by atoms with Crippen LogP contribution in [-0.2, 0) is 5.60 Å². The van der Waals surface area contributed by atoms with Gasteiger partial charge in [0.2, 0.25) is 0 Å². The van der Waals surface area contributed by atoms with Crippen LogP contribution in [0, 0.1) is 0 Å². The Balaban J connectivity index is 2.17. The van der Waals surface area contributed by atoms with Gasteiger partial charge in [-0.2, -0.15) is 0 Å². The van der Waals surface area contributed by atoms with Gasteiger partial charge in [0.15, 0.2) is 0 Å². The Labute approximate surface area is 83.6 Å². The Morgan fingerprint density at radius 3 is 2.64 bits per heavy atom. The van der Waals surface area contributed by atoms with E-state index in [1.807, 2.05) is 0 Å². The molecule has 0 spiro atoms. The molecule has 2 heterocycles. The Hall–Kier alpha value is -1.00. The van der Waals surface area contributed by atoms with Crippen LogP contribution >= 0.6 is 0 Å². The molecule has 1 aliphatic heterocycles. The summed E-state index contributed by atoms with van der Waals surface area (Å²) in [5, 5.41) is 10.3. The van der Waals surface area contributed by atoms with Gasteiger partial charge in [0.1, 0.15) is 5.60 Å². The van der Waals surface area contributed by atoms with Crippen molar-refractivity contribution in [2.24, 2.45) is 0 Å². The standard InChI is InChI=1S/C10H15N3O/c1-13-6-2-10(14,3-7-13)9-8-11-4-5-12-9/h4-5,8,14H,2-3,6-7H2,1H3. The molecule has 0 radical (unpaired) electrons. The quantitative estimate of drug-likeness (QED) is 0.701. The molecule has 0 aromatic carbocycles. The molecule has 0 unspecified atom stereocenters. The fraction of sp³-hybridized carbons (Fsp3) is 0.600. The van der Waals surface area contributed by atoms with Gasteiger partial charge in [-0.05, 0) is 19.9 Å². The lowest BCUT2D eigenvalue weighted by Gasteiger charge is -2.35. The highest BCUT2D eigenvalue weighted by molar-refractivity contribution is 5.09. The van der Waals surface area contributed by atoms with Gasteiger partial charge >= 0.3 is 0 Å². The van der Waals surface area contributed by atoms with E-state index in [1.165, 1.54) is 0 Å². The highest BCUT2D eigenvalue weighted by atomic mass is 16.3. The van der Waals surface area contributed by atoms with Crippen LogP contribution < -0.4 is 0 Å². The molecule has 4 heteroatoms. The third-order valence-electron chi connectivity index (χ3n) is 2.85. The number of hydrogen-bond acceptors (Lipinski definition) is 4. The fourth-order valence-corrected chi connectivity index (χ4v) is 1.78. The highest BCUT2D eigenvalue weighted by Crippen LogP contribution is 2.30. The van der Waals surface area contributed by atoms with Crippen LogP contribution in [0.3, 0.4) is 0 Å². The summed E-state index contributed by atoms with van der Waals surface area (Å²) in [5.41, 5.74) is -0.0612. The molecular formula is C10H15N3O. The van der Waals surface area contributed by atoms with Crippen molar-refractivity contribution in [1.29, 1.82) is 0 Å². The molecule has 1 N–H and O–H groups in total. The molecule has 0 amide bonds. The van der Waals surface area contributed by atoms with Crippen LogP contribution in [0.4, 0.5) is 0 Å². The van der Waals surface area contributed by atoms with Crippen molar-refractivity contribution in [2.75, 3.05) is 20.1 Å². The second kappa shape index (κ2) is 3.63. The molecule has 0 atom stereocenters. The molecule has 1 aromatic heterocycles. The lowest BCUT2D eigenvalue weighted by Crippen LogP contribution is -2.41. The average Bonchev–Trinajstić information content (AvgIpc) is 2.24. The number of nitrogens with zero attached hydrogens (tertiary/aromatic N) is 3. The Morgan fingerprint density at radius 2 is 2.07 bits per heavy atom. The molecule has 1 aliphatic rings. The van der Waals surface area contributed by atoms with Gasteiger partial charge < -0.3 is 10.0 Å². The minimum Gasteiger partial charge on any atom is -0.383 e. The van der Waals surface area contributed by atoms with Crippen molar-refractivity contribution in [1.82, 2.24) is 14.9 Å². The number of rotatable bonds is 1. The first-order chi connectivity index (χ1) is 6.71. The van der Waals surface area contributed by atoms with Crippen LogP contribution in [-0.4, -0.2) is 40.1 Å². The molecule has 76 valence electrons. The topological polar surface area (TPSA) is 49.2 Å². The summed E-state index contributed by atoms with van der Waals surface area (Å²) in [5.74, 6) is 0.